The zero-order chi connectivity index (χ0) is 15.7. The van der Waals surface area contributed by atoms with Crippen molar-refractivity contribution >= 4 is 16.1 Å². The highest BCUT2D eigenvalue weighted by Crippen LogP contribution is 2.35. The molecule has 0 aliphatic heterocycles. The summed E-state index contributed by atoms with van der Waals surface area (Å²) in [6.07, 6.45) is 0. The molecule has 20 heavy (non-hydrogen) atoms. The number of benzene rings is 1. The predicted octanol–water partition coefficient (Wildman–Crippen LogP) is 2.76. The van der Waals surface area contributed by atoms with Gasteiger partial charge in [0.25, 0.3) is 0 Å². The van der Waals surface area contributed by atoms with Crippen LogP contribution in [0.2, 0.25) is 0 Å². The van der Waals surface area contributed by atoms with Crippen LogP contribution in [0.1, 0.15) is 57.6 Å². The smallest absolute Gasteiger partial charge is 0.308 e. The molecule has 0 saturated carbocycles. The number of carbonyl (C=O) groups excluding carboxylic acids is 1. The highest BCUT2D eigenvalue weighted by Gasteiger charge is 2.21. The lowest BCUT2D eigenvalue weighted by Crippen LogP contribution is -2.12. The first-order chi connectivity index (χ1) is 9.04. The van der Waals surface area contributed by atoms with Gasteiger partial charge in [-0.2, -0.15) is 0 Å². The van der Waals surface area contributed by atoms with Crippen LogP contribution in [0.25, 0.3) is 0 Å². The fraction of sp³-hybridized carbons (Fsp3) is 0.500. The van der Waals surface area contributed by atoms with Gasteiger partial charge >= 0.3 is 5.97 Å². The monoisotopic (exact) mass is 299 g/mol. The van der Waals surface area contributed by atoms with E-state index < -0.39 is 16.1 Å². The van der Waals surface area contributed by atoms with Gasteiger partial charge in [-0.15, -0.1) is 0 Å². The first-order valence-corrected chi connectivity index (χ1v) is 7.77. The Morgan fingerprint density at radius 2 is 1.50 bits per heavy atom. The second-order valence-corrected chi connectivity index (χ2v) is 6.60. The minimum atomic E-state index is -4.59. The summed E-state index contributed by atoms with van der Waals surface area (Å²) >= 11 is 0. The van der Waals surface area contributed by atoms with Gasteiger partial charge in [0, 0.05) is 6.92 Å². The molecule has 5 nitrogen and oxygen atoms in total. The van der Waals surface area contributed by atoms with Crippen LogP contribution in [-0.2, 0) is 14.9 Å². The number of esters is 1. The van der Waals surface area contributed by atoms with E-state index in [0.29, 0.717) is 11.1 Å². The fourth-order valence-corrected chi connectivity index (χ4v) is 3.18. The molecule has 0 radical (unpaired) electrons. The van der Waals surface area contributed by atoms with Gasteiger partial charge in [-0.3, -0.25) is 4.79 Å². The van der Waals surface area contributed by atoms with Crippen LogP contribution >= 0.6 is 0 Å². The Morgan fingerprint density at radius 1 is 1.10 bits per heavy atom. The van der Waals surface area contributed by atoms with Gasteiger partial charge in [-0.1, -0.05) is 27.7 Å². The van der Waals surface area contributed by atoms with Crippen LogP contribution in [0.4, 0.5) is 0 Å². The molecule has 0 aliphatic carbocycles. The second kappa shape index (κ2) is 5.93. The molecular formula is C14H19O5S-. The maximum atomic E-state index is 11.6. The van der Waals surface area contributed by atoms with Gasteiger partial charge in [0.2, 0.25) is 0 Å². The lowest BCUT2D eigenvalue weighted by atomic mass is 9.95. The topological polar surface area (TPSA) is 83.5 Å². The lowest BCUT2D eigenvalue weighted by Gasteiger charge is -2.22. The molecule has 0 atom stereocenters. The van der Waals surface area contributed by atoms with Crippen molar-refractivity contribution in [2.45, 2.75) is 51.3 Å². The molecule has 0 bridgehead atoms. The molecule has 0 aromatic heterocycles. The molecule has 0 heterocycles. The van der Waals surface area contributed by atoms with Gasteiger partial charge in [-0.05, 0) is 35.1 Å². The zero-order valence-corrected chi connectivity index (χ0v) is 13.1. The largest absolute Gasteiger partial charge is 0.744 e. The molecule has 112 valence electrons. The maximum absolute atomic E-state index is 11.6. The SMILES string of the molecule is CC(=O)Oc1cc(C(C)C)c(S(=O)(=O)[O-])c(C(C)C)c1. The zero-order valence-electron chi connectivity index (χ0n) is 12.3. The molecule has 0 aliphatic rings. The summed E-state index contributed by atoms with van der Waals surface area (Å²) in [6.45, 7) is 8.40. The van der Waals surface area contributed by atoms with E-state index in [0.717, 1.165) is 0 Å². The Labute approximate surface area is 119 Å². The van der Waals surface area contributed by atoms with Crippen molar-refractivity contribution in [3.8, 4) is 5.75 Å². The summed E-state index contributed by atoms with van der Waals surface area (Å²) in [5, 5.41) is 0. The van der Waals surface area contributed by atoms with E-state index in [1.54, 1.807) is 27.7 Å². The molecule has 1 rings (SSSR count). The van der Waals surface area contributed by atoms with Gasteiger partial charge in [-0.25, -0.2) is 8.42 Å². The summed E-state index contributed by atoms with van der Waals surface area (Å²) in [4.78, 5) is 10.9. The molecule has 1 aromatic carbocycles. The Balaban J connectivity index is 3.68. The van der Waals surface area contributed by atoms with Crippen LogP contribution in [0.3, 0.4) is 0 Å². The van der Waals surface area contributed by atoms with E-state index in [-0.39, 0.29) is 22.5 Å². The molecule has 0 saturated heterocycles. The van der Waals surface area contributed by atoms with E-state index in [4.69, 9.17) is 4.74 Å². The van der Waals surface area contributed by atoms with Gasteiger partial charge < -0.3 is 9.29 Å². The fourth-order valence-electron chi connectivity index (χ4n) is 2.02. The van der Waals surface area contributed by atoms with Crippen molar-refractivity contribution in [1.29, 1.82) is 0 Å². The highest BCUT2D eigenvalue weighted by molar-refractivity contribution is 7.85. The van der Waals surface area contributed by atoms with Crippen LogP contribution in [0.5, 0.6) is 5.75 Å². The minimum absolute atomic E-state index is 0.179. The number of rotatable bonds is 4. The van der Waals surface area contributed by atoms with Crippen molar-refractivity contribution in [2.24, 2.45) is 0 Å². The van der Waals surface area contributed by atoms with E-state index in [2.05, 4.69) is 0 Å². The van der Waals surface area contributed by atoms with E-state index in [9.17, 15) is 17.8 Å². The van der Waals surface area contributed by atoms with Crippen LogP contribution in [0, 0.1) is 0 Å². The highest BCUT2D eigenvalue weighted by atomic mass is 32.2. The van der Waals surface area contributed by atoms with Crippen molar-refractivity contribution in [3.05, 3.63) is 23.3 Å². The number of hydrogen-bond acceptors (Lipinski definition) is 5. The Morgan fingerprint density at radius 3 is 1.75 bits per heavy atom. The van der Waals surface area contributed by atoms with Crippen molar-refractivity contribution in [3.63, 3.8) is 0 Å². The number of hydrogen-bond donors (Lipinski definition) is 0. The Bertz CT molecular complexity index is 585. The first kappa shape index (κ1) is 16.7. The van der Waals surface area contributed by atoms with E-state index in [1.165, 1.54) is 19.1 Å². The average Bonchev–Trinajstić information content (AvgIpc) is 2.25. The molecule has 0 unspecified atom stereocenters. The first-order valence-electron chi connectivity index (χ1n) is 6.36. The van der Waals surface area contributed by atoms with Crippen molar-refractivity contribution in [2.75, 3.05) is 0 Å². The Kier molecular flexibility index (Phi) is 4.94. The third-order valence-corrected chi connectivity index (χ3v) is 3.85. The Hall–Kier alpha value is -1.40. The summed E-state index contributed by atoms with van der Waals surface area (Å²) in [5.41, 5.74) is 0.755. The van der Waals surface area contributed by atoms with Crippen molar-refractivity contribution < 1.29 is 22.5 Å². The molecule has 0 N–H and O–H groups in total. The van der Waals surface area contributed by atoms with Crippen LogP contribution in [-0.4, -0.2) is 18.9 Å². The summed E-state index contributed by atoms with van der Waals surface area (Å²) in [6, 6.07) is 2.89. The van der Waals surface area contributed by atoms with Gasteiger partial charge in [0.1, 0.15) is 15.9 Å². The minimum Gasteiger partial charge on any atom is -0.744 e. The third kappa shape index (κ3) is 3.80. The van der Waals surface area contributed by atoms with E-state index in [1.807, 2.05) is 0 Å². The third-order valence-electron chi connectivity index (χ3n) is 2.88. The van der Waals surface area contributed by atoms with Crippen LogP contribution < -0.4 is 4.74 Å². The standard InChI is InChI=1S/C14H20O5S/c1-8(2)12-6-11(19-10(5)15)7-13(9(3)4)14(12)20(16,17)18/h6-9H,1-5H3,(H,16,17,18)/p-1. The number of ether oxygens (including phenoxy) is 1. The predicted molar refractivity (Wildman–Crippen MR) is 73.9 cm³/mol. The summed E-state index contributed by atoms with van der Waals surface area (Å²) < 4.78 is 39.7. The molecule has 0 fully saturated rings. The maximum Gasteiger partial charge on any atom is 0.308 e. The molecule has 0 amide bonds. The van der Waals surface area contributed by atoms with Gasteiger partial charge in [0.05, 0.1) is 4.90 Å². The number of carbonyl (C=O) groups is 1. The molecular weight excluding hydrogens is 280 g/mol. The lowest BCUT2D eigenvalue weighted by molar-refractivity contribution is -0.131. The molecule has 1 aromatic rings. The quantitative estimate of drug-likeness (QED) is 0.485. The summed E-state index contributed by atoms with van der Waals surface area (Å²) in [7, 11) is -4.59. The second-order valence-electron chi connectivity index (χ2n) is 5.29. The van der Waals surface area contributed by atoms with Gasteiger partial charge in [0.15, 0.2) is 0 Å². The van der Waals surface area contributed by atoms with Crippen molar-refractivity contribution in [1.82, 2.24) is 0 Å². The van der Waals surface area contributed by atoms with Crippen LogP contribution in [0.15, 0.2) is 17.0 Å². The molecule has 6 heteroatoms. The summed E-state index contributed by atoms with van der Waals surface area (Å²) in [5.74, 6) is -0.590. The molecule has 0 spiro atoms. The van der Waals surface area contributed by atoms with E-state index >= 15 is 0 Å². The normalized spacial score (nSPS) is 12.0. The average molecular weight is 299 g/mol.